The van der Waals surface area contributed by atoms with Gasteiger partial charge in [0.2, 0.25) is 5.95 Å². The summed E-state index contributed by atoms with van der Waals surface area (Å²) in [6.45, 7) is 6.59. The maximum atomic E-state index is 13.6. The molecule has 1 saturated heterocycles. The highest BCUT2D eigenvalue weighted by Gasteiger charge is 2.17. The number of piperazine rings is 1. The van der Waals surface area contributed by atoms with Gasteiger partial charge in [0.05, 0.1) is 0 Å². The first kappa shape index (κ1) is 25.2. The van der Waals surface area contributed by atoms with E-state index < -0.39 is 0 Å². The molecule has 9 heteroatoms. The number of nitrogens with one attached hydrogen (secondary N) is 2. The van der Waals surface area contributed by atoms with E-state index in [-0.39, 0.29) is 5.56 Å². The Morgan fingerprint density at radius 2 is 1.77 bits per heavy atom. The summed E-state index contributed by atoms with van der Waals surface area (Å²) in [5, 5.41) is 4.58. The number of aromatic nitrogens is 4. The lowest BCUT2D eigenvalue weighted by molar-refractivity contribution is 0.313. The molecule has 39 heavy (non-hydrogen) atoms. The zero-order valence-corrected chi connectivity index (χ0v) is 22.7. The van der Waals surface area contributed by atoms with Crippen molar-refractivity contribution in [3.8, 4) is 22.3 Å². The summed E-state index contributed by atoms with van der Waals surface area (Å²) in [7, 11) is 2.16. The van der Waals surface area contributed by atoms with Crippen molar-refractivity contribution in [2.45, 2.75) is 13.5 Å². The largest absolute Gasteiger partial charge is 0.369 e. The molecule has 0 saturated carbocycles. The Morgan fingerprint density at radius 3 is 2.46 bits per heavy atom. The van der Waals surface area contributed by atoms with Crippen LogP contribution in [-0.2, 0) is 6.54 Å². The Morgan fingerprint density at radius 1 is 0.974 bits per heavy atom. The summed E-state index contributed by atoms with van der Waals surface area (Å²) >= 11 is 6.68. The Kier molecular flexibility index (Phi) is 6.81. The highest BCUT2D eigenvalue weighted by atomic mass is 35.5. The van der Waals surface area contributed by atoms with E-state index in [0.29, 0.717) is 34.3 Å². The maximum absolute atomic E-state index is 13.6. The van der Waals surface area contributed by atoms with Crippen molar-refractivity contribution in [2.24, 2.45) is 0 Å². The van der Waals surface area contributed by atoms with Crippen LogP contribution >= 0.6 is 11.6 Å². The first-order chi connectivity index (χ1) is 19.0. The number of nitrogens with zero attached hydrogens (tertiary/aromatic N) is 5. The number of benzene rings is 2. The van der Waals surface area contributed by atoms with Crippen molar-refractivity contribution in [3.63, 3.8) is 0 Å². The van der Waals surface area contributed by atoms with Crippen molar-refractivity contribution in [1.82, 2.24) is 24.4 Å². The lowest BCUT2D eigenvalue weighted by Gasteiger charge is -2.34. The lowest BCUT2D eigenvalue weighted by atomic mass is 10.0. The number of halogens is 1. The summed E-state index contributed by atoms with van der Waals surface area (Å²) in [4.78, 5) is 30.6. The molecule has 1 aliphatic heterocycles. The number of likely N-dealkylation sites (N-methyl/N-ethyl adjacent to an activating group) is 1. The van der Waals surface area contributed by atoms with Crippen molar-refractivity contribution in [3.05, 3.63) is 88.6 Å². The molecule has 3 aromatic heterocycles. The molecule has 1 fully saturated rings. The van der Waals surface area contributed by atoms with Gasteiger partial charge in [-0.15, -0.1) is 0 Å². The van der Waals surface area contributed by atoms with Crippen LogP contribution in [0.15, 0.2) is 78.0 Å². The molecular formula is C30H30ClN7O. The molecule has 198 valence electrons. The van der Waals surface area contributed by atoms with Gasteiger partial charge in [-0.05, 0) is 67.6 Å². The van der Waals surface area contributed by atoms with Crippen LogP contribution in [0.4, 0.5) is 17.3 Å². The first-order valence-corrected chi connectivity index (χ1v) is 13.5. The molecule has 6 rings (SSSR count). The summed E-state index contributed by atoms with van der Waals surface area (Å²) in [6, 6.07) is 17.9. The molecule has 0 spiro atoms. The minimum Gasteiger partial charge on any atom is -0.369 e. The van der Waals surface area contributed by atoms with E-state index in [2.05, 4.69) is 44.3 Å². The SMILES string of the molecule is CCn1c(=O)c(-c2ccc(-c3cc[nH]c3)cc2Cl)cc2cnc(Nc3ccc(N4CCN(C)CC4)cc3)nc21. The Labute approximate surface area is 231 Å². The number of hydrogen-bond acceptors (Lipinski definition) is 6. The molecule has 8 nitrogen and oxygen atoms in total. The smallest absolute Gasteiger partial charge is 0.260 e. The minimum absolute atomic E-state index is 0.137. The van der Waals surface area contributed by atoms with Gasteiger partial charge in [0.15, 0.2) is 0 Å². The zero-order valence-electron chi connectivity index (χ0n) is 22.0. The monoisotopic (exact) mass is 539 g/mol. The molecule has 2 aromatic carbocycles. The van der Waals surface area contributed by atoms with Crippen LogP contribution in [0.3, 0.4) is 0 Å². The van der Waals surface area contributed by atoms with Gasteiger partial charge < -0.3 is 20.1 Å². The van der Waals surface area contributed by atoms with Crippen molar-refractivity contribution in [1.29, 1.82) is 0 Å². The third-order valence-electron chi connectivity index (χ3n) is 7.33. The summed E-state index contributed by atoms with van der Waals surface area (Å²) in [5.41, 5.74) is 5.78. The van der Waals surface area contributed by atoms with E-state index in [9.17, 15) is 4.79 Å². The molecule has 0 bridgehead atoms. The van der Waals surface area contributed by atoms with Crippen molar-refractivity contribution >= 4 is 40.0 Å². The number of pyridine rings is 1. The van der Waals surface area contributed by atoms with E-state index in [1.807, 2.05) is 61.8 Å². The van der Waals surface area contributed by atoms with Gasteiger partial charge in [-0.3, -0.25) is 9.36 Å². The molecule has 0 atom stereocenters. The quantitative estimate of drug-likeness (QED) is 0.291. The predicted octanol–water partition coefficient (Wildman–Crippen LogP) is 5.62. The molecule has 0 radical (unpaired) electrons. The Hall–Kier alpha value is -4.14. The standard InChI is InChI=1S/C30H30ClN7O/c1-3-38-28-22(16-26(29(38)39)25-9-4-20(17-27(25)31)21-10-11-32-18-21)19-33-30(35-28)34-23-5-7-24(8-6-23)37-14-12-36(2)13-15-37/h4-11,16-19,32H,3,12-15H2,1-2H3,(H,33,34,35). The molecule has 1 aliphatic rings. The number of hydrogen-bond donors (Lipinski definition) is 2. The van der Waals surface area contributed by atoms with Gasteiger partial charge in [0.25, 0.3) is 5.56 Å². The summed E-state index contributed by atoms with van der Waals surface area (Å²) in [5.74, 6) is 0.443. The fourth-order valence-electron chi connectivity index (χ4n) is 5.07. The summed E-state index contributed by atoms with van der Waals surface area (Å²) < 4.78 is 1.67. The minimum atomic E-state index is -0.137. The molecule has 2 N–H and O–H groups in total. The molecular weight excluding hydrogens is 510 g/mol. The Balaban J connectivity index is 1.29. The number of aryl methyl sites for hydroxylation is 1. The first-order valence-electron chi connectivity index (χ1n) is 13.1. The van der Waals surface area contributed by atoms with Crippen LogP contribution < -0.4 is 15.8 Å². The predicted molar refractivity (Wildman–Crippen MR) is 159 cm³/mol. The van der Waals surface area contributed by atoms with Crippen LogP contribution in [0, 0.1) is 0 Å². The van der Waals surface area contributed by atoms with E-state index in [1.165, 1.54) is 5.69 Å². The molecule has 0 aliphatic carbocycles. The lowest BCUT2D eigenvalue weighted by Crippen LogP contribution is -2.44. The second-order valence-electron chi connectivity index (χ2n) is 9.84. The fourth-order valence-corrected chi connectivity index (χ4v) is 5.35. The number of H-pyrrole nitrogens is 1. The molecule has 4 heterocycles. The van der Waals surface area contributed by atoms with Crippen molar-refractivity contribution in [2.75, 3.05) is 43.4 Å². The highest BCUT2D eigenvalue weighted by Crippen LogP contribution is 2.32. The van der Waals surface area contributed by atoms with E-state index in [1.54, 1.807) is 10.8 Å². The third-order valence-corrected chi connectivity index (χ3v) is 7.64. The second kappa shape index (κ2) is 10.6. The second-order valence-corrected chi connectivity index (χ2v) is 10.2. The number of fused-ring (bicyclic) bond motifs is 1. The van der Waals surface area contributed by atoms with Gasteiger partial charge in [0.1, 0.15) is 5.65 Å². The number of aromatic amines is 1. The fraction of sp³-hybridized carbons (Fsp3) is 0.233. The zero-order chi connectivity index (χ0) is 26.9. The molecule has 0 amide bonds. The molecule has 5 aromatic rings. The van der Waals surface area contributed by atoms with E-state index >= 15 is 0 Å². The Bertz CT molecular complexity index is 1670. The van der Waals surface area contributed by atoms with Crippen LogP contribution in [0.2, 0.25) is 5.02 Å². The average molecular weight is 540 g/mol. The van der Waals surface area contributed by atoms with Crippen LogP contribution in [-0.4, -0.2) is 57.6 Å². The van der Waals surface area contributed by atoms with Gasteiger partial charge in [-0.2, -0.15) is 4.98 Å². The van der Waals surface area contributed by atoms with Crippen LogP contribution in [0.1, 0.15) is 6.92 Å². The van der Waals surface area contributed by atoms with Gasteiger partial charge >= 0.3 is 0 Å². The number of rotatable bonds is 6. The van der Waals surface area contributed by atoms with Gasteiger partial charge in [-0.25, -0.2) is 4.98 Å². The topological polar surface area (TPSA) is 82.1 Å². The van der Waals surface area contributed by atoms with Gasteiger partial charge in [0, 0.05) is 84.2 Å². The van der Waals surface area contributed by atoms with Crippen molar-refractivity contribution < 1.29 is 0 Å². The van der Waals surface area contributed by atoms with E-state index in [0.717, 1.165) is 48.4 Å². The highest BCUT2D eigenvalue weighted by molar-refractivity contribution is 6.33. The average Bonchev–Trinajstić information content (AvgIpc) is 3.49. The van der Waals surface area contributed by atoms with Gasteiger partial charge in [-0.1, -0.05) is 23.7 Å². The van der Waals surface area contributed by atoms with Crippen LogP contribution in [0.25, 0.3) is 33.3 Å². The van der Waals surface area contributed by atoms with E-state index in [4.69, 9.17) is 16.6 Å². The normalized spacial score (nSPS) is 14.2. The third kappa shape index (κ3) is 5.01. The number of anilines is 3. The molecule has 0 unspecified atom stereocenters. The van der Waals surface area contributed by atoms with Crippen LogP contribution in [0.5, 0.6) is 0 Å². The maximum Gasteiger partial charge on any atom is 0.260 e. The summed E-state index contributed by atoms with van der Waals surface area (Å²) in [6.07, 6.45) is 5.53.